The molecule has 1 unspecified atom stereocenters. The molecular weight excluding hydrogens is 335 g/mol. The van der Waals surface area contributed by atoms with E-state index >= 15 is 0 Å². The van der Waals surface area contributed by atoms with Gasteiger partial charge in [-0.25, -0.2) is 0 Å². The molecule has 2 aromatic carbocycles. The molecule has 4 nitrogen and oxygen atoms in total. The summed E-state index contributed by atoms with van der Waals surface area (Å²) >= 11 is 11.8. The lowest BCUT2D eigenvalue weighted by molar-refractivity contribution is -0.117. The third kappa shape index (κ3) is 4.47. The van der Waals surface area contributed by atoms with Gasteiger partial charge in [0.15, 0.2) is 0 Å². The standard InChI is InChI=1S/C17H16Cl2N2O2/c1-10-14(19)4-3-5-15(10)21-16(22)11(2)20-17(23)12-6-8-13(18)9-7-12/h3-9,11H,1-2H3,(H,20,23)(H,21,22). The summed E-state index contributed by atoms with van der Waals surface area (Å²) in [6, 6.07) is 11.0. The lowest BCUT2D eigenvalue weighted by Crippen LogP contribution is -2.41. The van der Waals surface area contributed by atoms with Crippen molar-refractivity contribution in [3.05, 3.63) is 63.6 Å². The lowest BCUT2D eigenvalue weighted by atomic mass is 10.1. The van der Waals surface area contributed by atoms with Crippen LogP contribution in [0, 0.1) is 6.92 Å². The second-order valence-corrected chi connectivity index (χ2v) is 5.95. The van der Waals surface area contributed by atoms with Gasteiger partial charge in [-0.2, -0.15) is 0 Å². The zero-order valence-corrected chi connectivity index (χ0v) is 14.2. The van der Waals surface area contributed by atoms with E-state index in [0.717, 1.165) is 5.56 Å². The number of amides is 2. The molecule has 2 N–H and O–H groups in total. The molecule has 23 heavy (non-hydrogen) atoms. The van der Waals surface area contributed by atoms with Crippen LogP contribution in [0.1, 0.15) is 22.8 Å². The van der Waals surface area contributed by atoms with E-state index in [2.05, 4.69) is 10.6 Å². The third-order valence-corrected chi connectivity index (χ3v) is 4.03. The molecule has 0 aromatic heterocycles. The van der Waals surface area contributed by atoms with Crippen molar-refractivity contribution in [1.82, 2.24) is 5.32 Å². The van der Waals surface area contributed by atoms with Gasteiger partial charge in [-0.05, 0) is 55.8 Å². The molecule has 0 aliphatic heterocycles. The molecule has 0 fully saturated rings. The Balaban J connectivity index is 2.01. The second kappa shape index (κ2) is 7.49. The van der Waals surface area contributed by atoms with Gasteiger partial charge >= 0.3 is 0 Å². The van der Waals surface area contributed by atoms with E-state index in [4.69, 9.17) is 23.2 Å². The van der Waals surface area contributed by atoms with Gasteiger partial charge in [0.1, 0.15) is 6.04 Å². The van der Waals surface area contributed by atoms with Gasteiger partial charge in [0, 0.05) is 21.3 Å². The average molecular weight is 351 g/mol. The molecule has 0 saturated heterocycles. The van der Waals surface area contributed by atoms with Crippen LogP contribution in [0.15, 0.2) is 42.5 Å². The smallest absolute Gasteiger partial charge is 0.251 e. The summed E-state index contributed by atoms with van der Waals surface area (Å²) in [5, 5.41) is 6.52. The summed E-state index contributed by atoms with van der Waals surface area (Å²) in [5.74, 6) is -0.662. The maximum Gasteiger partial charge on any atom is 0.251 e. The van der Waals surface area contributed by atoms with Crippen molar-refractivity contribution in [2.75, 3.05) is 5.32 Å². The van der Waals surface area contributed by atoms with Gasteiger partial charge in [-0.15, -0.1) is 0 Å². The van der Waals surface area contributed by atoms with Crippen LogP contribution in [-0.4, -0.2) is 17.9 Å². The monoisotopic (exact) mass is 350 g/mol. The lowest BCUT2D eigenvalue weighted by Gasteiger charge is -2.15. The first-order valence-electron chi connectivity index (χ1n) is 7.01. The van der Waals surface area contributed by atoms with E-state index < -0.39 is 6.04 Å². The maximum absolute atomic E-state index is 12.2. The van der Waals surface area contributed by atoms with Crippen LogP contribution in [-0.2, 0) is 4.79 Å². The first-order valence-corrected chi connectivity index (χ1v) is 7.76. The van der Waals surface area contributed by atoms with Crippen LogP contribution in [0.5, 0.6) is 0 Å². The van der Waals surface area contributed by atoms with Crippen molar-refractivity contribution in [2.24, 2.45) is 0 Å². The number of rotatable bonds is 4. The number of halogens is 2. The molecule has 0 saturated carbocycles. The molecule has 0 aliphatic carbocycles. The largest absolute Gasteiger partial charge is 0.341 e. The number of benzene rings is 2. The Bertz CT molecular complexity index is 730. The predicted octanol–water partition coefficient (Wildman–Crippen LogP) is 4.06. The van der Waals surface area contributed by atoms with Crippen LogP contribution in [0.3, 0.4) is 0 Å². The van der Waals surface area contributed by atoms with E-state index in [1.165, 1.54) is 0 Å². The number of anilines is 1. The Hall–Kier alpha value is -2.04. The molecule has 2 amide bonds. The topological polar surface area (TPSA) is 58.2 Å². The van der Waals surface area contributed by atoms with Crippen molar-refractivity contribution in [2.45, 2.75) is 19.9 Å². The van der Waals surface area contributed by atoms with Crippen molar-refractivity contribution >= 4 is 40.7 Å². The minimum absolute atomic E-state index is 0.322. The fourth-order valence-corrected chi connectivity index (χ4v) is 2.23. The molecule has 2 rings (SSSR count). The zero-order valence-electron chi connectivity index (χ0n) is 12.7. The van der Waals surface area contributed by atoms with Gasteiger partial charge in [-0.1, -0.05) is 29.3 Å². The molecule has 120 valence electrons. The molecule has 6 heteroatoms. The molecule has 2 aromatic rings. The van der Waals surface area contributed by atoms with E-state index in [0.29, 0.717) is 21.3 Å². The normalized spacial score (nSPS) is 11.7. The molecule has 0 bridgehead atoms. The summed E-state index contributed by atoms with van der Waals surface area (Å²) in [4.78, 5) is 24.3. The number of nitrogens with one attached hydrogen (secondary N) is 2. The first-order chi connectivity index (χ1) is 10.9. The zero-order chi connectivity index (χ0) is 17.0. The molecule has 0 radical (unpaired) electrons. The van der Waals surface area contributed by atoms with Crippen LogP contribution in [0.2, 0.25) is 10.0 Å². The average Bonchev–Trinajstić information content (AvgIpc) is 2.52. The van der Waals surface area contributed by atoms with Crippen molar-refractivity contribution < 1.29 is 9.59 Å². The fraction of sp³-hybridized carbons (Fsp3) is 0.176. The number of hydrogen-bond donors (Lipinski definition) is 2. The SMILES string of the molecule is Cc1c(Cl)cccc1NC(=O)C(C)NC(=O)c1ccc(Cl)cc1. The van der Waals surface area contributed by atoms with Crippen LogP contribution in [0.25, 0.3) is 0 Å². The van der Waals surface area contributed by atoms with Crippen molar-refractivity contribution in [3.63, 3.8) is 0 Å². The number of carbonyl (C=O) groups excluding carboxylic acids is 2. The molecule has 0 heterocycles. The summed E-state index contributed by atoms with van der Waals surface area (Å²) in [5.41, 5.74) is 1.84. The van der Waals surface area contributed by atoms with Gasteiger partial charge in [0.05, 0.1) is 0 Å². The summed E-state index contributed by atoms with van der Waals surface area (Å²) in [7, 11) is 0. The fourth-order valence-electron chi connectivity index (χ4n) is 1.93. The van der Waals surface area contributed by atoms with E-state index in [9.17, 15) is 9.59 Å². The van der Waals surface area contributed by atoms with Gasteiger partial charge in [0.25, 0.3) is 5.91 Å². The van der Waals surface area contributed by atoms with Crippen LogP contribution >= 0.6 is 23.2 Å². The Morgan fingerprint density at radius 3 is 2.35 bits per heavy atom. The van der Waals surface area contributed by atoms with Gasteiger partial charge in [-0.3, -0.25) is 9.59 Å². The van der Waals surface area contributed by atoms with Crippen molar-refractivity contribution in [1.29, 1.82) is 0 Å². The number of carbonyl (C=O) groups is 2. The first kappa shape index (κ1) is 17.3. The highest BCUT2D eigenvalue weighted by atomic mass is 35.5. The number of hydrogen-bond acceptors (Lipinski definition) is 2. The maximum atomic E-state index is 12.2. The van der Waals surface area contributed by atoms with E-state index in [1.807, 2.05) is 6.92 Å². The van der Waals surface area contributed by atoms with E-state index in [1.54, 1.807) is 49.4 Å². The minimum atomic E-state index is -0.698. The third-order valence-electron chi connectivity index (χ3n) is 3.37. The minimum Gasteiger partial charge on any atom is -0.341 e. The highest BCUT2D eigenvalue weighted by Crippen LogP contribution is 2.23. The molecular formula is C17H16Cl2N2O2. The van der Waals surface area contributed by atoms with E-state index in [-0.39, 0.29) is 11.8 Å². The Labute approximate surface area is 144 Å². The quantitative estimate of drug-likeness (QED) is 0.873. The predicted molar refractivity (Wildman–Crippen MR) is 93.2 cm³/mol. The Morgan fingerprint density at radius 1 is 1.04 bits per heavy atom. The van der Waals surface area contributed by atoms with Crippen molar-refractivity contribution in [3.8, 4) is 0 Å². The Morgan fingerprint density at radius 2 is 1.70 bits per heavy atom. The molecule has 1 atom stereocenters. The summed E-state index contributed by atoms with van der Waals surface area (Å²) < 4.78 is 0. The Kier molecular flexibility index (Phi) is 5.64. The van der Waals surface area contributed by atoms with Crippen LogP contribution < -0.4 is 10.6 Å². The van der Waals surface area contributed by atoms with Gasteiger partial charge < -0.3 is 10.6 Å². The summed E-state index contributed by atoms with van der Waals surface area (Å²) in [6.45, 7) is 3.43. The molecule has 0 aliphatic rings. The summed E-state index contributed by atoms with van der Waals surface area (Å²) in [6.07, 6.45) is 0. The highest BCUT2D eigenvalue weighted by molar-refractivity contribution is 6.31. The van der Waals surface area contributed by atoms with Gasteiger partial charge in [0.2, 0.25) is 5.91 Å². The molecule has 0 spiro atoms. The highest BCUT2D eigenvalue weighted by Gasteiger charge is 2.17. The van der Waals surface area contributed by atoms with Crippen LogP contribution in [0.4, 0.5) is 5.69 Å². The second-order valence-electron chi connectivity index (χ2n) is 5.10.